The average molecular weight is 284 g/mol. The summed E-state index contributed by atoms with van der Waals surface area (Å²) in [7, 11) is 0. The molecule has 1 amide bonds. The Morgan fingerprint density at radius 2 is 2.32 bits per heavy atom. The number of halogens is 1. The second-order valence-corrected chi connectivity index (χ2v) is 5.52. The quantitative estimate of drug-likeness (QED) is 0.891. The first-order chi connectivity index (χ1) is 8.59. The molecule has 0 saturated carbocycles. The summed E-state index contributed by atoms with van der Waals surface area (Å²) in [5, 5.41) is 6.27. The normalized spacial score (nSPS) is 21.3. The number of amides is 1. The van der Waals surface area contributed by atoms with E-state index < -0.39 is 0 Å². The van der Waals surface area contributed by atoms with E-state index in [0.29, 0.717) is 6.54 Å². The van der Waals surface area contributed by atoms with Crippen LogP contribution in [0.15, 0.2) is 24.4 Å². The van der Waals surface area contributed by atoms with Crippen LogP contribution in [0, 0.1) is 5.41 Å². The van der Waals surface area contributed by atoms with Gasteiger partial charge in [0.25, 0.3) is 0 Å². The topological polar surface area (TPSA) is 54.0 Å². The minimum atomic E-state index is -0.102. The van der Waals surface area contributed by atoms with Crippen molar-refractivity contribution in [2.75, 3.05) is 6.54 Å². The number of rotatable bonds is 3. The van der Waals surface area contributed by atoms with Gasteiger partial charge in [0, 0.05) is 6.20 Å². The third kappa shape index (κ3) is 4.18. The number of nitrogens with one attached hydrogen (secondary N) is 2. The molecule has 1 aromatic rings. The molecule has 4 nitrogen and oxygen atoms in total. The Kier molecular flexibility index (Phi) is 5.76. The lowest BCUT2D eigenvalue weighted by molar-refractivity contribution is -0.127. The molecule has 0 aliphatic carbocycles. The van der Waals surface area contributed by atoms with E-state index in [2.05, 4.69) is 29.5 Å². The maximum Gasteiger partial charge on any atom is 0.238 e. The Bertz CT molecular complexity index is 408. The Morgan fingerprint density at radius 3 is 2.95 bits per heavy atom. The first kappa shape index (κ1) is 15.9. The van der Waals surface area contributed by atoms with Crippen LogP contribution in [0.5, 0.6) is 0 Å². The van der Waals surface area contributed by atoms with Gasteiger partial charge in [-0.05, 0) is 36.9 Å². The molecule has 0 aromatic carbocycles. The standard InChI is InChI=1S/C14H21N3O.ClH/c1-14(2)7-5-9-16-12(14)13(18)17-10-11-6-3-4-8-15-11;/h3-4,6,8,12,16H,5,7,9-10H2,1-2H3,(H,17,18);1H. The lowest BCUT2D eigenvalue weighted by Crippen LogP contribution is -2.55. The van der Waals surface area contributed by atoms with Crippen molar-refractivity contribution in [3.8, 4) is 0 Å². The zero-order valence-corrected chi connectivity index (χ0v) is 12.3. The molecule has 1 aromatic heterocycles. The molecule has 1 saturated heterocycles. The lowest BCUT2D eigenvalue weighted by atomic mass is 9.77. The lowest BCUT2D eigenvalue weighted by Gasteiger charge is -2.38. The summed E-state index contributed by atoms with van der Waals surface area (Å²) >= 11 is 0. The highest BCUT2D eigenvalue weighted by Crippen LogP contribution is 2.30. The zero-order chi connectivity index (χ0) is 13.0. The van der Waals surface area contributed by atoms with Crippen LogP contribution in [0.25, 0.3) is 0 Å². The van der Waals surface area contributed by atoms with E-state index in [-0.39, 0.29) is 29.8 Å². The average Bonchev–Trinajstić information content (AvgIpc) is 2.37. The van der Waals surface area contributed by atoms with Gasteiger partial charge < -0.3 is 10.6 Å². The van der Waals surface area contributed by atoms with Crippen LogP contribution in [0.1, 0.15) is 32.4 Å². The van der Waals surface area contributed by atoms with Gasteiger partial charge in [0.05, 0.1) is 18.3 Å². The Labute approximate surface area is 120 Å². The summed E-state index contributed by atoms with van der Waals surface area (Å²) in [4.78, 5) is 16.4. The monoisotopic (exact) mass is 283 g/mol. The fraction of sp³-hybridized carbons (Fsp3) is 0.571. The predicted octanol–water partition coefficient (Wildman–Crippen LogP) is 1.90. The van der Waals surface area contributed by atoms with Crippen LogP contribution in [0.2, 0.25) is 0 Å². The minimum Gasteiger partial charge on any atom is -0.349 e. The van der Waals surface area contributed by atoms with Crippen LogP contribution >= 0.6 is 12.4 Å². The summed E-state index contributed by atoms with van der Waals surface area (Å²) in [6.07, 6.45) is 3.96. The first-order valence-corrected chi connectivity index (χ1v) is 6.50. The van der Waals surface area contributed by atoms with Gasteiger partial charge in [0.15, 0.2) is 0 Å². The van der Waals surface area contributed by atoms with Crippen molar-refractivity contribution in [1.82, 2.24) is 15.6 Å². The van der Waals surface area contributed by atoms with Crippen molar-refractivity contribution in [2.45, 2.75) is 39.3 Å². The van der Waals surface area contributed by atoms with Crippen LogP contribution < -0.4 is 10.6 Å². The summed E-state index contributed by atoms with van der Waals surface area (Å²) in [5.41, 5.74) is 0.909. The van der Waals surface area contributed by atoms with Gasteiger partial charge in [-0.25, -0.2) is 0 Å². The SMILES string of the molecule is CC1(C)CCCNC1C(=O)NCc1ccccn1.Cl. The molecule has 19 heavy (non-hydrogen) atoms. The van der Waals surface area contributed by atoms with E-state index in [1.54, 1.807) is 6.20 Å². The van der Waals surface area contributed by atoms with E-state index in [9.17, 15) is 4.79 Å². The molecule has 2 N–H and O–H groups in total. The van der Waals surface area contributed by atoms with Gasteiger partial charge in [-0.2, -0.15) is 0 Å². The van der Waals surface area contributed by atoms with Crippen LogP contribution in [-0.2, 0) is 11.3 Å². The smallest absolute Gasteiger partial charge is 0.238 e. The van der Waals surface area contributed by atoms with Gasteiger partial charge >= 0.3 is 0 Å². The zero-order valence-electron chi connectivity index (χ0n) is 11.5. The summed E-state index contributed by atoms with van der Waals surface area (Å²) < 4.78 is 0. The molecular formula is C14H22ClN3O. The molecule has 106 valence electrons. The van der Waals surface area contributed by atoms with Gasteiger partial charge in [-0.15, -0.1) is 12.4 Å². The number of hydrogen-bond acceptors (Lipinski definition) is 3. The third-order valence-corrected chi connectivity index (χ3v) is 3.56. The van der Waals surface area contributed by atoms with E-state index in [1.807, 2.05) is 18.2 Å². The molecule has 1 unspecified atom stereocenters. The number of carbonyl (C=O) groups is 1. The molecule has 2 rings (SSSR count). The van der Waals surface area contributed by atoms with E-state index in [0.717, 1.165) is 25.1 Å². The van der Waals surface area contributed by atoms with Crippen LogP contribution in [0.3, 0.4) is 0 Å². The van der Waals surface area contributed by atoms with E-state index in [1.165, 1.54) is 0 Å². The highest BCUT2D eigenvalue weighted by atomic mass is 35.5. The molecule has 5 heteroatoms. The number of hydrogen-bond donors (Lipinski definition) is 2. The van der Waals surface area contributed by atoms with Gasteiger partial charge in [0.1, 0.15) is 0 Å². The Hall–Kier alpha value is -1.13. The number of aromatic nitrogens is 1. The van der Waals surface area contributed by atoms with Crippen molar-refractivity contribution >= 4 is 18.3 Å². The molecule has 1 aliphatic rings. The minimum absolute atomic E-state index is 0. The summed E-state index contributed by atoms with van der Waals surface area (Å²) in [6, 6.07) is 5.61. The largest absolute Gasteiger partial charge is 0.349 e. The van der Waals surface area contributed by atoms with Crippen molar-refractivity contribution in [3.05, 3.63) is 30.1 Å². The van der Waals surface area contributed by atoms with Crippen LogP contribution in [-0.4, -0.2) is 23.5 Å². The number of carbonyl (C=O) groups excluding carboxylic acids is 1. The van der Waals surface area contributed by atoms with Crippen molar-refractivity contribution < 1.29 is 4.79 Å². The van der Waals surface area contributed by atoms with Gasteiger partial charge in [-0.3, -0.25) is 9.78 Å². The number of pyridine rings is 1. The summed E-state index contributed by atoms with van der Waals surface area (Å²) in [5.74, 6) is 0.0744. The highest BCUT2D eigenvalue weighted by Gasteiger charge is 2.36. The predicted molar refractivity (Wildman–Crippen MR) is 78.1 cm³/mol. The van der Waals surface area contributed by atoms with Crippen molar-refractivity contribution in [1.29, 1.82) is 0 Å². The molecular weight excluding hydrogens is 262 g/mol. The number of nitrogens with zero attached hydrogens (tertiary/aromatic N) is 1. The van der Waals surface area contributed by atoms with E-state index >= 15 is 0 Å². The van der Waals surface area contributed by atoms with Crippen LogP contribution in [0.4, 0.5) is 0 Å². The second-order valence-electron chi connectivity index (χ2n) is 5.52. The Balaban J connectivity index is 0.00000180. The number of piperidine rings is 1. The fourth-order valence-corrected chi connectivity index (χ4v) is 2.44. The van der Waals surface area contributed by atoms with Crippen molar-refractivity contribution in [3.63, 3.8) is 0 Å². The third-order valence-electron chi connectivity index (χ3n) is 3.56. The fourth-order valence-electron chi connectivity index (χ4n) is 2.44. The molecule has 0 radical (unpaired) electrons. The van der Waals surface area contributed by atoms with Gasteiger partial charge in [-0.1, -0.05) is 19.9 Å². The molecule has 0 bridgehead atoms. The maximum atomic E-state index is 12.2. The molecule has 1 aliphatic heterocycles. The first-order valence-electron chi connectivity index (χ1n) is 6.50. The second kappa shape index (κ2) is 6.87. The summed E-state index contributed by atoms with van der Waals surface area (Å²) in [6.45, 7) is 5.70. The van der Waals surface area contributed by atoms with Crippen molar-refractivity contribution in [2.24, 2.45) is 5.41 Å². The highest BCUT2D eigenvalue weighted by molar-refractivity contribution is 5.85. The Morgan fingerprint density at radius 1 is 1.53 bits per heavy atom. The van der Waals surface area contributed by atoms with Gasteiger partial charge in [0.2, 0.25) is 5.91 Å². The molecule has 1 atom stereocenters. The van der Waals surface area contributed by atoms with E-state index in [4.69, 9.17) is 0 Å². The molecule has 2 heterocycles. The maximum absolute atomic E-state index is 12.2. The molecule has 1 fully saturated rings. The molecule has 0 spiro atoms.